The van der Waals surface area contributed by atoms with E-state index in [0.29, 0.717) is 0 Å². The van der Waals surface area contributed by atoms with Crippen molar-refractivity contribution < 1.29 is 13.9 Å². The Morgan fingerprint density at radius 2 is 2.18 bits per heavy atom. The van der Waals surface area contributed by atoms with E-state index >= 15 is 0 Å². The van der Waals surface area contributed by atoms with Crippen molar-refractivity contribution in [2.24, 2.45) is 5.92 Å². The zero-order chi connectivity index (χ0) is 16.5. The average Bonchev–Trinajstić information content (AvgIpc) is 2.43. The monoisotopic (exact) mass is 322 g/mol. The van der Waals surface area contributed by atoms with Crippen LogP contribution in [0, 0.1) is 11.7 Å². The molecule has 1 N–H and O–H groups in total. The predicted octanol–water partition coefficient (Wildman–Crippen LogP) is 4.69. The molecular weight excluding hydrogens is 295 g/mol. The Bertz CT molecular complexity index is 549. The van der Waals surface area contributed by atoms with Gasteiger partial charge in [0.1, 0.15) is 17.7 Å². The van der Waals surface area contributed by atoms with Crippen molar-refractivity contribution in [3.63, 3.8) is 0 Å². The Balaban J connectivity index is 2.13. The van der Waals surface area contributed by atoms with E-state index < -0.39 is 8.32 Å². The summed E-state index contributed by atoms with van der Waals surface area (Å²) in [5.41, 5.74) is 0.940. The first-order valence-electron chi connectivity index (χ1n) is 7.94. The Hall–Kier alpha value is -1.13. The van der Waals surface area contributed by atoms with E-state index in [0.717, 1.165) is 30.6 Å². The fourth-order valence-corrected chi connectivity index (χ4v) is 3.62. The SMILES string of the molecule is C=C[C@@H](CC(C)(C)[Si](C)(C)O)[C@H]1CCc2cc(F)ccc2O1. The van der Waals surface area contributed by atoms with E-state index in [2.05, 4.69) is 20.4 Å². The van der Waals surface area contributed by atoms with Gasteiger partial charge in [0, 0.05) is 5.92 Å². The molecule has 0 bridgehead atoms. The van der Waals surface area contributed by atoms with Crippen LogP contribution in [0.5, 0.6) is 5.75 Å². The van der Waals surface area contributed by atoms with Crippen LogP contribution >= 0.6 is 0 Å². The van der Waals surface area contributed by atoms with E-state index in [9.17, 15) is 9.19 Å². The first-order valence-corrected chi connectivity index (χ1v) is 10.9. The van der Waals surface area contributed by atoms with Gasteiger partial charge in [-0.05, 0) is 61.2 Å². The van der Waals surface area contributed by atoms with Crippen molar-refractivity contribution in [3.05, 3.63) is 42.2 Å². The fraction of sp³-hybridized carbons (Fsp3) is 0.556. The third-order valence-electron chi connectivity index (χ3n) is 5.18. The summed E-state index contributed by atoms with van der Waals surface area (Å²) >= 11 is 0. The molecule has 0 radical (unpaired) electrons. The molecule has 2 nitrogen and oxygen atoms in total. The molecule has 1 aromatic rings. The average molecular weight is 322 g/mol. The predicted molar refractivity (Wildman–Crippen MR) is 91.2 cm³/mol. The van der Waals surface area contributed by atoms with Gasteiger partial charge in [-0.15, -0.1) is 6.58 Å². The minimum atomic E-state index is -2.26. The van der Waals surface area contributed by atoms with Crippen molar-refractivity contribution >= 4 is 8.32 Å². The van der Waals surface area contributed by atoms with Crippen LogP contribution in [-0.4, -0.2) is 19.2 Å². The van der Waals surface area contributed by atoms with Crippen molar-refractivity contribution in [2.45, 2.75) is 57.3 Å². The molecule has 122 valence electrons. The summed E-state index contributed by atoms with van der Waals surface area (Å²) in [6, 6.07) is 4.72. The number of hydrogen-bond acceptors (Lipinski definition) is 2. The maximum absolute atomic E-state index is 13.3. The standard InChI is InChI=1S/C18H27FO2Si/c1-6-13(12-18(2,3)22(4,5)20)16-9-7-14-11-15(19)8-10-17(14)21-16/h6,8,10-11,13,16,20H,1,7,9,12H2,2-5H3/t13-,16+/m0/s1. The van der Waals surface area contributed by atoms with Crippen molar-refractivity contribution in [2.75, 3.05) is 0 Å². The van der Waals surface area contributed by atoms with Crippen LogP contribution in [0.3, 0.4) is 0 Å². The van der Waals surface area contributed by atoms with Gasteiger partial charge in [-0.25, -0.2) is 4.39 Å². The van der Waals surface area contributed by atoms with Gasteiger partial charge in [0.05, 0.1) is 0 Å². The van der Waals surface area contributed by atoms with Gasteiger partial charge in [0.15, 0.2) is 8.32 Å². The minimum absolute atomic E-state index is 0.0473. The molecule has 0 amide bonds. The summed E-state index contributed by atoms with van der Waals surface area (Å²) < 4.78 is 19.4. The van der Waals surface area contributed by atoms with Crippen LogP contribution in [-0.2, 0) is 6.42 Å². The lowest BCUT2D eigenvalue weighted by molar-refractivity contribution is 0.120. The highest BCUT2D eigenvalue weighted by molar-refractivity contribution is 6.72. The number of hydrogen-bond donors (Lipinski definition) is 1. The molecule has 0 saturated carbocycles. The van der Waals surface area contributed by atoms with Crippen molar-refractivity contribution in [3.8, 4) is 5.75 Å². The molecule has 2 rings (SSSR count). The highest BCUT2D eigenvalue weighted by atomic mass is 28.4. The number of benzene rings is 1. The van der Waals surface area contributed by atoms with E-state index in [1.807, 2.05) is 19.2 Å². The molecular formula is C18H27FO2Si. The second-order valence-corrected chi connectivity index (χ2v) is 12.0. The summed E-state index contributed by atoms with van der Waals surface area (Å²) in [5, 5.41) is -0.113. The number of halogens is 1. The first-order chi connectivity index (χ1) is 10.1. The summed E-state index contributed by atoms with van der Waals surface area (Å²) in [4.78, 5) is 10.5. The van der Waals surface area contributed by atoms with Crippen LogP contribution in [0.2, 0.25) is 18.1 Å². The third kappa shape index (κ3) is 3.61. The highest BCUT2D eigenvalue weighted by Gasteiger charge is 2.41. The molecule has 1 aliphatic heterocycles. The maximum Gasteiger partial charge on any atom is 0.188 e. The third-order valence-corrected chi connectivity index (χ3v) is 8.70. The molecule has 0 spiro atoms. The number of fused-ring (bicyclic) bond motifs is 1. The lowest BCUT2D eigenvalue weighted by Gasteiger charge is -2.40. The number of rotatable bonds is 5. The highest BCUT2D eigenvalue weighted by Crippen LogP contribution is 2.44. The molecule has 4 heteroatoms. The first kappa shape index (κ1) is 17.2. The summed E-state index contributed by atoms with van der Waals surface area (Å²) in [6.07, 6.45) is 4.53. The van der Waals surface area contributed by atoms with Gasteiger partial charge in [-0.1, -0.05) is 19.9 Å². The van der Waals surface area contributed by atoms with Gasteiger partial charge in [-0.3, -0.25) is 0 Å². The number of aryl methyl sites for hydroxylation is 1. The van der Waals surface area contributed by atoms with Gasteiger partial charge in [-0.2, -0.15) is 0 Å². The fourth-order valence-electron chi connectivity index (χ4n) is 2.89. The minimum Gasteiger partial charge on any atom is -0.490 e. The summed E-state index contributed by atoms with van der Waals surface area (Å²) in [5.74, 6) is 0.755. The molecule has 22 heavy (non-hydrogen) atoms. The Morgan fingerprint density at radius 3 is 2.77 bits per heavy atom. The van der Waals surface area contributed by atoms with Gasteiger partial charge in [0.2, 0.25) is 0 Å². The van der Waals surface area contributed by atoms with Crippen LogP contribution in [0.25, 0.3) is 0 Å². The molecule has 1 aromatic carbocycles. The zero-order valence-corrected chi connectivity index (χ0v) is 15.0. The molecule has 0 saturated heterocycles. The molecule has 0 aromatic heterocycles. The lowest BCUT2D eigenvalue weighted by atomic mass is 9.87. The van der Waals surface area contributed by atoms with E-state index in [4.69, 9.17) is 4.74 Å². The Labute approximate surface area is 134 Å². The quantitative estimate of drug-likeness (QED) is 0.629. The van der Waals surface area contributed by atoms with Gasteiger partial charge in [0.25, 0.3) is 0 Å². The lowest BCUT2D eigenvalue weighted by Crippen LogP contribution is -2.42. The largest absolute Gasteiger partial charge is 0.490 e. The zero-order valence-electron chi connectivity index (χ0n) is 14.0. The van der Waals surface area contributed by atoms with Crippen molar-refractivity contribution in [1.82, 2.24) is 0 Å². The second-order valence-electron chi connectivity index (χ2n) is 7.49. The Morgan fingerprint density at radius 1 is 1.50 bits per heavy atom. The molecule has 2 atom stereocenters. The molecule has 1 heterocycles. The van der Waals surface area contributed by atoms with E-state index in [1.165, 1.54) is 6.07 Å². The van der Waals surface area contributed by atoms with Crippen LogP contribution in [0.15, 0.2) is 30.9 Å². The maximum atomic E-state index is 13.3. The van der Waals surface area contributed by atoms with Crippen LogP contribution in [0.4, 0.5) is 4.39 Å². The van der Waals surface area contributed by atoms with Gasteiger partial charge >= 0.3 is 0 Å². The summed E-state index contributed by atoms with van der Waals surface area (Å²) in [6.45, 7) is 12.2. The van der Waals surface area contributed by atoms with E-state index in [1.54, 1.807) is 12.1 Å². The van der Waals surface area contributed by atoms with Crippen LogP contribution < -0.4 is 4.74 Å². The normalized spacial score (nSPS) is 20.0. The van der Waals surface area contributed by atoms with Crippen molar-refractivity contribution in [1.29, 1.82) is 0 Å². The topological polar surface area (TPSA) is 29.5 Å². The van der Waals surface area contributed by atoms with Gasteiger partial charge < -0.3 is 9.53 Å². The molecule has 0 fully saturated rings. The molecule has 1 aliphatic rings. The summed E-state index contributed by atoms with van der Waals surface area (Å²) in [7, 11) is -2.26. The smallest absolute Gasteiger partial charge is 0.188 e. The van der Waals surface area contributed by atoms with Crippen LogP contribution in [0.1, 0.15) is 32.3 Å². The molecule has 0 unspecified atom stereocenters. The number of ether oxygens (including phenoxy) is 1. The second kappa shape index (κ2) is 6.17. The molecule has 0 aliphatic carbocycles. The van der Waals surface area contributed by atoms with E-state index in [-0.39, 0.29) is 22.9 Å². The Kier molecular flexibility index (Phi) is 4.83.